The number of amides is 1. The van der Waals surface area contributed by atoms with Gasteiger partial charge in [0, 0.05) is 29.2 Å². The van der Waals surface area contributed by atoms with E-state index in [1.807, 2.05) is 29.2 Å². The molecule has 2 aromatic rings. The van der Waals surface area contributed by atoms with E-state index in [2.05, 4.69) is 21.1 Å². The molecule has 25 heavy (non-hydrogen) atoms. The van der Waals surface area contributed by atoms with E-state index in [4.69, 9.17) is 10.3 Å². The molecule has 2 N–H and O–H groups in total. The molecule has 7 heteroatoms. The number of nitrogens with two attached hydrogens (primary N) is 1. The molecule has 0 radical (unpaired) electrons. The molecule has 1 amide bonds. The lowest BCUT2D eigenvalue weighted by molar-refractivity contribution is 0.0778. The van der Waals surface area contributed by atoms with Gasteiger partial charge in [-0.25, -0.2) is 0 Å². The zero-order valence-electron chi connectivity index (χ0n) is 13.9. The number of carbonyl (C=O) groups is 1. The fourth-order valence-corrected chi connectivity index (χ4v) is 4.49. The molecule has 3 atom stereocenters. The molecular formula is C18H21BrClN3O2. The van der Waals surface area contributed by atoms with Crippen molar-refractivity contribution in [2.24, 2.45) is 17.6 Å². The Labute approximate surface area is 161 Å². The monoisotopic (exact) mass is 425 g/mol. The molecule has 2 heterocycles. The number of halogens is 2. The Kier molecular flexibility index (Phi) is 5.23. The second kappa shape index (κ2) is 7.09. The van der Waals surface area contributed by atoms with Crippen molar-refractivity contribution in [3.05, 3.63) is 40.1 Å². The quantitative estimate of drug-likeness (QED) is 0.795. The number of nitrogens with zero attached hydrogens (tertiary/aromatic N) is 2. The summed E-state index contributed by atoms with van der Waals surface area (Å²) in [6.07, 6.45) is 2.20. The number of aryl methyl sites for hydroxylation is 1. The normalized spacial score (nSPS) is 24.9. The van der Waals surface area contributed by atoms with Crippen molar-refractivity contribution in [2.45, 2.75) is 25.8 Å². The summed E-state index contributed by atoms with van der Waals surface area (Å²) >= 11 is 3.47. The Morgan fingerprint density at radius 2 is 2.16 bits per heavy atom. The summed E-state index contributed by atoms with van der Waals surface area (Å²) in [5.74, 6) is 1.54. The summed E-state index contributed by atoms with van der Waals surface area (Å²) in [6.45, 7) is 3.33. The topological polar surface area (TPSA) is 72.4 Å². The van der Waals surface area contributed by atoms with Crippen molar-refractivity contribution < 1.29 is 9.32 Å². The molecule has 2 fully saturated rings. The first-order valence-corrected chi connectivity index (χ1v) is 9.11. The SMILES string of the molecule is Cc1onc(-c2cccc(Br)c2)c1C(=O)N1CC2CCC(N)C2C1.Cl. The summed E-state index contributed by atoms with van der Waals surface area (Å²) in [7, 11) is 0. The van der Waals surface area contributed by atoms with Crippen LogP contribution in [0.15, 0.2) is 33.3 Å². The highest BCUT2D eigenvalue weighted by Gasteiger charge is 2.43. The Morgan fingerprint density at radius 3 is 2.88 bits per heavy atom. The average molecular weight is 427 g/mol. The number of aromatic nitrogens is 1. The summed E-state index contributed by atoms with van der Waals surface area (Å²) in [5.41, 5.74) is 8.25. The van der Waals surface area contributed by atoms with Crippen LogP contribution in [-0.2, 0) is 0 Å². The highest BCUT2D eigenvalue weighted by atomic mass is 79.9. The van der Waals surface area contributed by atoms with Crippen molar-refractivity contribution in [2.75, 3.05) is 13.1 Å². The van der Waals surface area contributed by atoms with Gasteiger partial charge in [0.2, 0.25) is 0 Å². The van der Waals surface area contributed by atoms with Gasteiger partial charge in [-0.2, -0.15) is 0 Å². The van der Waals surface area contributed by atoms with Crippen LogP contribution in [0.25, 0.3) is 11.3 Å². The van der Waals surface area contributed by atoms with E-state index >= 15 is 0 Å². The number of rotatable bonds is 2. The highest BCUT2D eigenvalue weighted by Crippen LogP contribution is 2.38. The van der Waals surface area contributed by atoms with Crippen LogP contribution < -0.4 is 5.73 Å². The Bertz CT molecular complexity index is 794. The molecule has 5 nitrogen and oxygen atoms in total. The van der Waals surface area contributed by atoms with E-state index in [-0.39, 0.29) is 24.4 Å². The van der Waals surface area contributed by atoms with Gasteiger partial charge in [-0.1, -0.05) is 33.2 Å². The zero-order valence-corrected chi connectivity index (χ0v) is 16.3. The van der Waals surface area contributed by atoms with Crippen LogP contribution in [0.5, 0.6) is 0 Å². The molecule has 1 saturated carbocycles. The fraction of sp³-hybridized carbons (Fsp3) is 0.444. The first-order chi connectivity index (χ1) is 11.5. The summed E-state index contributed by atoms with van der Waals surface area (Å²) in [4.78, 5) is 15.0. The first-order valence-electron chi connectivity index (χ1n) is 8.31. The van der Waals surface area contributed by atoms with Crippen LogP contribution in [0, 0.1) is 18.8 Å². The van der Waals surface area contributed by atoms with Crippen LogP contribution >= 0.6 is 28.3 Å². The summed E-state index contributed by atoms with van der Waals surface area (Å²) < 4.78 is 6.29. The molecule has 3 unspecified atom stereocenters. The third kappa shape index (κ3) is 3.23. The number of hydrogen-bond acceptors (Lipinski definition) is 4. The molecule has 4 rings (SSSR count). The summed E-state index contributed by atoms with van der Waals surface area (Å²) in [6, 6.07) is 7.98. The highest BCUT2D eigenvalue weighted by molar-refractivity contribution is 9.10. The molecule has 0 bridgehead atoms. The average Bonchev–Trinajstić information content (AvgIpc) is 3.23. The van der Waals surface area contributed by atoms with E-state index in [1.54, 1.807) is 6.92 Å². The van der Waals surface area contributed by atoms with Crippen LogP contribution in [0.4, 0.5) is 0 Å². The number of hydrogen-bond donors (Lipinski definition) is 1. The molecule has 1 aromatic carbocycles. The second-order valence-corrected chi connectivity index (χ2v) is 7.76. The maximum atomic E-state index is 13.1. The Morgan fingerprint density at radius 1 is 1.36 bits per heavy atom. The maximum absolute atomic E-state index is 13.1. The molecule has 1 aliphatic carbocycles. The van der Waals surface area contributed by atoms with Gasteiger partial charge in [-0.3, -0.25) is 4.79 Å². The van der Waals surface area contributed by atoms with E-state index < -0.39 is 0 Å². The van der Waals surface area contributed by atoms with E-state index in [0.29, 0.717) is 28.9 Å². The van der Waals surface area contributed by atoms with Crippen molar-refractivity contribution in [1.29, 1.82) is 0 Å². The van der Waals surface area contributed by atoms with E-state index in [0.717, 1.165) is 36.0 Å². The van der Waals surface area contributed by atoms with E-state index in [9.17, 15) is 4.79 Å². The smallest absolute Gasteiger partial charge is 0.259 e. The van der Waals surface area contributed by atoms with Crippen LogP contribution in [0.3, 0.4) is 0 Å². The third-order valence-electron chi connectivity index (χ3n) is 5.37. The fourth-order valence-electron chi connectivity index (χ4n) is 4.09. The molecule has 1 aromatic heterocycles. The van der Waals surface area contributed by atoms with Gasteiger partial charge in [-0.15, -0.1) is 12.4 Å². The molecule has 1 aliphatic heterocycles. The standard InChI is InChI=1S/C18H20BrN3O2.ClH/c1-10-16(17(21-24-10)11-3-2-4-13(19)7-11)18(23)22-8-12-5-6-15(20)14(12)9-22;/h2-4,7,12,14-15H,5-6,8-9,20H2,1H3;1H. The Balaban J connectivity index is 0.00000182. The molecule has 2 aliphatic rings. The number of likely N-dealkylation sites (tertiary alicyclic amines) is 1. The Hall–Kier alpha value is -1.37. The van der Waals surface area contributed by atoms with Gasteiger partial charge >= 0.3 is 0 Å². The number of benzene rings is 1. The largest absolute Gasteiger partial charge is 0.360 e. The lowest BCUT2D eigenvalue weighted by atomic mass is 9.98. The van der Waals surface area contributed by atoms with Gasteiger partial charge < -0.3 is 15.2 Å². The predicted molar refractivity (Wildman–Crippen MR) is 102 cm³/mol. The van der Waals surface area contributed by atoms with Crippen molar-refractivity contribution in [3.8, 4) is 11.3 Å². The lowest BCUT2D eigenvalue weighted by Crippen LogP contribution is -2.33. The minimum atomic E-state index is 0. The van der Waals surface area contributed by atoms with Gasteiger partial charge in [0.25, 0.3) is 5.91 Å². The van der Waals surface area contributed by atoms with Crippen LogP contribution in [0.1, 0.15) is 29.0 Å². The summed E-state index contributed by atoms with van der Waals surface area (Å²) in [5, 5.41) is 4.14. The van der Waals surface area contributed by atoms with Gasteiger partial charge in [-0.05, 0) is 43.7 Å². The molecule has 0 spiro atoms. The maximum Gasteiger partial charge on any atom is 0.259 e. The minimum Gasteiger partial charge on any atom is -0.360 e. The number of fused-ring (bicyclic) bond motifs is 1. The molecular weight excluding hydrogens is 406 g/mol. The van der Waals surface area contributed by atoms with Gasteiger partial charge in [0.05, 0.1) is 0 Å². The van der Waals surface area contributed by atoms with Gasteiger partial charge in [0.1, 0.15) is 17.0 Å². The minimum absolute atomic E-state index is 0. The predicted octanol–water partition coefficient (Wildman–Crippen LogP) is 3.64. The van der Waals surface area contributed by atoms with Gasteiger partial charge in [0.15, 0.2) is 0 Å². The number of carbonyl (C=O) groups excluding carboxylic acids is 1. The second-order valence-electron chi connectivity index (χ2n) is 6.85. The molecule has 134 valence electrons. The van der Waals surface area contributed by atoms with Crippen molar-refractivity contribution in [3.63, 3.8) is 0 Å². The lowest BCUT2D eigenvalue weighted by Gasteiger charge is -2.18. The zero-order chi connectivity index (χ0) is 16.8. The van der Waals surface area contributed by atoms with Crippen molar-refractivity contribution in [1.82, 2.24) is 10.1 Å². The van der Waals surface area contributed by atoms with E-state index in [1.165, 1.54) is 0 Å². The van der Waals surface area contributed by atoms with Crippen LogP contribution in [0.2, 0.25) is 0 Å². The molecule has 1 saturated heterocycles. The first kappa shape index (κ1) is 18.4. The van der Waals surface area contributed by atoms with Crippen molar-refractivity contribution >= 4 is 34.2 Å². The third-order valence-corrected chi connectivity index (χ3v) is 5.87. The van der Waals surface area contributed by atoms with Crippen LogP contribution in [-0.4, -0.2) is 35.1 Å².